The Bertz CT molecular complexity index is 412. The summed E-state index contributed by atoms with van der Waals surface area (Å²) in [6.45, 7) is 2.37. The maximum atomic E-state index is 10.5. The second kappa shape index (κ2) is 3.24. The van der Waals surface area contributed by atoms with Crippen LogP contribution >= 0.6 is 0 Å². The van der Waals surface area contributed by atoms with E-state index < -0.39 is 5.97 Å². The van der Waals surface area contributed by atoms with Gasteiger partial charge in [-0.3, -0.25) is 4.79 Å². The van der Waals surface area contributed by atoms with Gasteiger partial charge in [0.1, 0.15) is 0 Å². The van der Waals surface area contributed by atoms with E-state index in [1.807, 2.05) is 24.3 Å². The van der Waals surface area contributed by atoms with E-state index in [2.05, 4.69) is 4.90 Å². The molecule has 1 aromatic rings. The summed E-state index contributed by atoms with van der Waals surface area (Å²) in [5.74, 6) is -0.770. The molecule has 0 unspecified atom stereocenters. The molecule has 0 amide bonds. The molecule has 0 bridgehead atoms. The van der Waals surface area contributed by atoms with Crippen LogP contribution < -0.4 is 4.90 Å². The maximum Gasteiger partial charge on any atom is 0.307 e. The number of aliphatic carboxylic acids is 1. The Balaban J connectivity index is 1.66. The van der Waals surface area contributed by atoms with Crippen LogP contribution in [-0.2, 0) is 11.2 Å². The molecule has 1 spiro atoms. The second-order valence-corrected chi connectivity index (χ2v) is 5.09. The van der Waals surface area contributed by atoms with Crippen molar-refractivity contribution in [3.63, 3.8) is 0 Å². The Morgan fingerprint density at radius 1 is 1.25 bits per heavy atom. The molecule has 1 aliphatic carbocycles. The normalized spacial score (nSPS) is 20.6. The largest absolute Gasteiger partial charge is 0.481 e. The molecule has 1 saturated carbocycles. The zero-order valence-electron chi connectivity index (χ0n) is 9.15. The summed E-state index contributed by atoms with van der Waals surface area (Å²) >= 11 is 0. The first-order valence-corrected chi connectivity index (χ1v) is 5.73. The predicted molar refractivity (Wildman–Crippen MR) is 61.7 cm³/mol. The average molecular weight is 217 g/mol. The first-order valence-electron chi connectivity index (χ1n) is 5.73. The summed E-state index contributed by atoms with van der Waals surface area (Å²) in [5, 5.41) is 8.67. The SMILES string of the molecule is O=C(O)Cc1ccc(N2CC3(CC3)C2)cc1. The maximum absolute atomic E-state index is 10.5. The quantitative estimate of drug-likeness (QED) is 0.840. The monoisotopic (exact) mass is 217 g/mol. The first kappa shape index (κ1) is 9.70. The van der Waals surface area contributed by atoms with Crippen molar-refractivity contribution in [3.8, 4) is 0 Å². The van der Waals surface area contributed by atoms with E-state index >= 15 is 0 Å². The predicted octanol–water partition coefficient (Wildman–Crippen LogP) is 1.91. The summed E-state index contributed by atoms with van der Waals surface area (Å²) in [4.78, 5) is 12.9. The van der Waals surface area contributed by atoms with E-state index in [0.717, 1.165) is 5.56 Å². The minimum Gasteiger partial charge on any atom is -0.481 e. The number of carbonyl (C=O) groups is 1. The molecule has 3 rings (SSSR count). The Labute approximate surface area is 94.7 Å². The topological polar surface area (TPSA) is 40.5 Å². The minimum atomic E-state index is -0.770. The molecular weight excluding hydrogens is 202 g/mol. The lowest BCUT2D eigenvalue weighted by Gasteiger charge is -2.42. The number of carboxylic acids is 1. The zero-order valence-corrected chi connectivity index (χ0v) is 9.15. The van der Waals surface area contributed by atoms with Gasteiger partial charge < -0.3 is 10.0 Å². The molecule has 1 aromatic carbocycles. The number of nitrogens with zero attached hydrogens (tertiary/aromatic N) is 1. The third-order valence-corrected chi connectivity index (χ3v) is 3.67. The van der Waals surface area contributed by atoms with Crippen LogP contribution in [-0.4, -0.2) is 24.2 Å². The van der Waals surface area contributed by atoms with Crippen LogP contribution in [0, 0.1) is 5.41 Å². The fourth-order valence-corrected chi connectivity index (χ4v) is 2.44. The first-order chi connectivity index (χ1) is 7.67. The third-order valence-electron chi connectivity index (χ3n) is 3.67. The van der Waals surface area contributed by atoms with Gasteiger partial charge in [-0.15, -0.1) is 0 Å². The van der Waals surface area contributed by atoms with Crippen molar-refractivity contribution >= 4 is 11.7 Å². The molecule has 1 N–H and O–H groups in total. The van der Waals surface area contributed by atoms with Crippen LogP contribution in [0.4, 0.5) is 5.69 Å². The van der Waals surface area contributed by atoms with Crippen molar-refractivity contribution in [1.82, 2.24) is 0 Å². The number of hydrogen-bond acceptors (Lipinski definition) is 2. The molecule has 3 nitrogen and oxygen atoms in total. The van der Waals surface area contributed by atoms with Crippen molar-refractivity contribution in [2.75, 3.05) is 18.0 Å². The molecule has 16 heavy (non-hydrogen) atoms. The van der Waals surface area contributed by atoms with E-state index in [9.17, 15) is 4.79 Å². The smallest absolute Gasteiger partial charge is 0.307 e. The van der Waals surface area contributed by atoms with E-state index in [1.54, 1.807) is 0 Å². The molecule has 1 heterocycles. The van der Waals surface area contributed by atoms with Crippen molar-refractivity contribution in [2.24, 2.45) is 5.41 Å². The fraction of sp³-hybridized carbons (Fsp3) is 0.462. The summed E-state index contributed by atoms with van der Waals surface area (Å²) in [6.07, 6.45) is 2.89. The van der Waals surface area contributed by atoms with Gasteiger partial charge in [-0.05, 0) is 30.5 Å². The van der Waals surface area contributed by atoms with Crippen LogP contribution in [0.25, 0.3) is 0 Å². The van der Waals surface area contributed by atoms with Gasteiger partial charge in [-0.2, -0.15) is 0 Å². The van der Waals surface area contributed by atoms with Crippen LogP contribution in [0.3, 0.4) is 0 Å². The number of anilines is 1. The molecule has 84 valence electrons. The van der Waals surface area contributed by atoms with Crippen molar-refractivity contribution in [3.05, 3.63) is 29.8 Å². The summed E-state index contributed by atoms with van der Waals surface area (Å²) in [7, 11) is 0. The molecule has 2 aliphatic rings. The Hall–Kier alpha value is -1.51. The van der Waals surface area contributed by atoms with Gasteiger partial charge in [-0.1, -0.05) is 12.1 Å². The Kier molecular flexibility index (Phi) is 1.96. The van der Waals surface area contributed by atoms with E-state index in [0.29, 0.717) is 5.41 Å². The van der Waals surface area contributed by atoms with Crippen LogP contribution in [0.5, 0.6) is 0 Å². The lowest BCUT2D eigenvalue weighted by molar-refractivity contribution is -0.136. The molecule has 2 fully saturated rings. The van der Waals surface area contributed by atoms with Crippen molar-refractivity contribution in [1.29, 1.82) is 0 Å². The van der Waals surface area contributed by atoms with Crippen LogP contribution in [0.1, 0.15) is 18.4 Å². The van der Waals surface area contributed by atoms with Gasteiger partial charge >= 0.3 is 5.97 Å². The number of rotatable bonds is 3. The molecule has 0 radical (unpaired) electrons. The van der Waals surface area contributed by atoms with Crippen LogP contribution in [0.2, 0.25) is 0 Å². The van der Waals surface area contributed by atoms with Crippen LogP contribution in [0.15, 0.2) is 24.3 Å². The Morgan fingerprint density at radius 2 is 1.88 bits per heavy atom. The lowest BCUT2D eigenvalue weighted by Crippen LogP contribution is -2.48. The van der Waals surface area contributed by atoms with Gasteiger partial charge in [0.15, 0.2) is 0 Å². The average Bonchev–Trinajstić information content (AvgIpc) is 2.96. The Morgan fingerprint density at radius 3 is 2.38 bits per heavy atom. The van der Waals surface area contributed by atoms with E-state index in [4.69, 9.17) is 5.11 Å². The van der Waals surface area contributed by atoms with Gasteiger partial charge in [0, 0.05) is 24.2 Å². The second-order valence-electron chi connectivity index (χ2n) is 5.09. The number of hydrogen-bond donors (Lipinski definition) is 1. The zero-order chi connectivity index (χ0) is 11.2. The van der Waals surface area contributed by atoms with Gasteiger partial charge in [-0.25, -0.2) is 0 Å². The molecule has 1 saturated heterocycles. The molecule has 3 heteroatoms. The molecule has 0 atom stereocenters. The molecule has 1 aliphatic heterocycles. The summed E-state index contributed by atoms with van der Waals surface area (Å²) in [5.41, 5.74) is 2.77. The van der Waals surface area contributed by atoms with Gasteiger partial charge in [0.25, 0.3) is 0 Å². The highest BCUT2D eigenvalue weighted by molar-refractivity contribution is 5.70. The molecular formula is C13H15NO2. The highest BCUT2D eigenvalue weighted by atomic mass is 16.4. The fourth-order valence-electron chi connectivity index (χ4n) is 2.44. The van der Waals surface area contributed by atoms with E-state index in [1.165, 1.54) is 31.6 Å². The minimum absolute atomic E-state index is 0.115. The summed E-state index contributed by atoms with van der Waals surface area (Å²) < 4.78 is 0. The van der Waals surface area contributed by atoms with Crippen molar-refractivity contribution in [2.45, 2.75) is 19.3 Å². The van der Waals surface area contributed by atoms with Gasteiger partial charge in [0.2, 0.25) is 0 Å². The number of carboxylic acid groups (broad SMARTS) is 1. The van der Waals surface area contributed by atoms with Crippen molar-refractivity contribution < 1.29 is 9.90 Å². The molecule has 0 aromatic heterocycles. The number of benzene rings is 1. The lowest BCUT2D eigenvalue weighted by atomic mass is 9.96. The standard InChI is InChI=1S/C13H15NO2/c15-12(16)7-10-1-3-11(4-2-10)14-8-13(9-14)5-6-13/h1-4H,5-9H2,(H,15,16). The van der Waals surface area contributed by atoms with E-state index in [-0.39, 0.29) is 6.42 Å². The highest BCUT2D eigenvalue weighted by Crippen LogP contribution is 2.53. The van der Waals surface area contributed by atoms with Gasteiger partial charge in [0.05, 0.1) is 6.42 Å². The third kappa shape index (κ3) is 1.66. The highest BCUT2D eigenvalue weighted by Gasteiger charge is 2.52. The summed E-state index contributed by atoms with van der Waals surface area (Å²) in [6, 6.07) is 7.91.